The molecule has 0 fully saturated rings. The molecular weight excluding hydrogens is 316 g/mol. The number of nitrogens with one attached hydrogen (secondary N) is 1. The highest BCUT2D eigenvalue weighted by Crippen LogP contribution is 2.35. The fourth-order valence-corrected chi connectivity index (χ4v) is 3.38. The van der Waals surface area contributed by atoms with E-state index in [1.165, 1.54) is 6.20 Å². The van der Waals surface area contributed by atoms with Gasteiger partial charge in [-0.25, -0.2) is 13.4 Å². The van der Waals surface area contributed by atoms with E-state index in [9.17, 15) is 13.7 Å². The van der Waals surface area contributed by atoms with Crippen molar-refractivity contribution >= 4 is 27.3 Å². The second kappa shape index (κ2) is 5.38. The standard InChI is InChI=1S/C14H18N6O2S/c1-4-9(2)19-6-5-11-12(18-23(3,21)22)17-13-10(7-15)8-16-20(13)14(11)19/h8-9H,4-6H2,1-3H3,(H,17,18). The van der Waals surface area contributed by atoms with Gasteiger partial charge in [-0.15, -0.1) is 0 Å². The smallest absolute Gasteiger partial charge is 0.230 e. The minimum Gasteiger partial charge on any atom is -0.353 e. The summed E-state index contributed by atoms with van der Waals surface area (Å²) in [7, 11) is -3.46. The molecule has 2 aromatic rings. The lowest BCUT2D eigenvalue weighted by Gasteiger charge is -2.26. The molecule has 0 saturated heterocycles. The van der Waals surface area contributed by atoms with Crippen LogP contribution in [0.25, 0.3) is 5.65 Å². The van der Waals surface area contributed by atoms with Crippen LogP contribution in [-0.4, -0.2) is 41.9 Å². The van der Waals surface area contributed by atoms with E-state index in [0.29, 0.717) is 17.6 Å². The van der Waals surface area contributed by atoms with E-state index in [2.05, 4.69) is 33.6 Å². The molecule has 122 valence electrons. The summed E-state index contributed by atoms with van der Waals surface area (Å²) in [4.78, 5) is 6.53. The van der Waals surface area contributed by atoms with Crippen molar-refractivity contribution in [3.63, 3.8) is 0 Å². The van der Waals surface area contributed by atoms with E-state index in [-0.39, 0.29) is 11.9 Å². The maximum Gasteiger partial charge on any atom is 0.230 e. The number of anilines is 2. The number of fused-ring (bicyclic) bond motifs is 3. The number of rotatable bonds is 4. The molecule has 1 aliphatic heterocycles. The van der Waals surface area contributed by atoms with Gasteiger partial charge in [0.05, 0.1) is 12.5 Å². The van der Waals surface area contributed by atoms with Crippen molar-refractivity contribution in [2.75, 3.05) is 22.4 Å². The number of sulfonamides is 1. The topological polar surface area (TPSA) is 103 Å². The molecule has 9 heteroatoms. The summed E-state index contributed by atoms with van der Waals surface area (Å²) < 4.78 is 27.4. The van der Waals surface area contributed by atoms with Gasteiger partial charge in [-0.05, 0) is 19.8 Å². The first-order valence-corrected chi connectivity index (χ1v) is 9.30. The lowest BCUT2D eigenvalue weighted by molar-refractivity contribution is 0.606. The third kappa shape index (κ3) is 2.59. The first-order chi connectivity index (χ1) is 10.9. The Morgan fingerprint density at radius 2 is 2.26 bits per heavy atom. The third-order valence-electron chi connectivity index (χ3n) is 4.12. The van der Waals surface area contributed by atoms with Gasteiger partial charge in [-0.1, -0.05) is 6.92 Å². The molecule has 0 bridgehead atoms. The summed E-state index contributed by atoms with van der Waals surface area (Å²) in [5.41, 5.74) is 1.50. The summed E-state index contributed by atoms with van der Waals surface area (Å²) in [6, 6.07) is 2.33. The van der Waals surface area contributed by atoms with Crippen LogP contribution in [0.1, 0.15) is 31.4 Å². The largest absolute Gasteiger partial charge is 0.353 e. The van der Waals surface area contributed by atoms with E-state index >= 15 is 0 Å². The monoisotopic (exact) mass is 334 g/mol. The zero-order valence-electron chi connectivity index (χ0n) is 13.2. The van der Waals surface area contributed by atoms with Gasteiger partial charge in [0, 0.05) is 18.2 Å². The highest BCUT2D eigenvalue weighted by molar-refractivity contribution is 7.92. The van der Waals surface area contributed by atoms with Crippen LogP contribution in [0.4, 0.5) is 11.6 Å². The van der Waals surface area contributed by atoms with E-state index in [1.54, 1.807) is 4.52 Å². The summed E-state index contributed by atoms with van der Waals surface area (Å²) in [6.07, 6.45) is 4.18. The first-order valence-electron chi connectivity index (χ1n) is 7.40. The Morgan fingerprint density at radius 1 is 1.52 bits per heavy atom. The number of aromatic nitrogens is 3. The Bertz CT molecular complexity index is 911. The third-order valence-corrected chi connectivity index (χ3v) is 4.68. The molecule has 1 N–H and O–H groups in total. The van der Waals surface area contributed by atoms with Crippen molar-refractivity contribution in [1.82, 2.24) is 14.6 Å². The van der Waals surface area contributed by atoms with Gasteiger partial charge in [-0.3, -0.25) is 4.72 Å². The van der Waals surface area contributed by atoms with Crippen molar-refractivity contribution < 1.29 is 8.42 Å². The number of nitriles is 1. The fourth-order valence-electron chi connectivity index (χ4n) is 2.86. The number of hydrogen-bond acceptors (Lipinski definition) is 6. The van der Waals surface area contributed by atoms with E-state index in [0.717, 1.165) is 30.6 Å². The average molecular weight is 334 g/mol. The molecule has 0 aliphatic carbocycles. The van der Waals surface area contributed by atoms with Crippen molar-refractivity contribution in [2.24, 2.45) is 0 Å². The average Bonchev–Trinajstić information content (AvgIpc) is 3.08. The molecule has 0 saturated carbocycles. The SMILES string of the molecule is CCC(C)N1CCc2c(NS(C)(=O)=O)nc3c(C#N)cnn3c21. The van der Waals surface area contributed by atoms with Crippen LogP contribution in [0.5, 0.6) is 0 Å². The van der Waals surface area contributed by atoms with Gasteiger partial charge < -0.3 is 4.90 Å². The quantitative estimate of drug-likeness (QED) is 0.899. The second-order valence-corrected chi connectivity index (χ2v) is 7.49. The molecule has 1 atom stereocenters. The van der Waals surface area contributed by atoms with Crippen molar-refractivity contribution in [3.8, 4) is 6.07 Å². The zero-order chi connectivity index (χ0) is 16.8. The zero-order valence-corrected chi connectivity index (χ0v) is 14.1. The molecule has 0 radical (unpaired) electrons. The molecule has 3 rings (SSSR count). The molecule has 23 heavy (non-hydrogen) atoms. The van der Waals surface area contributed by atoms with Crippen molar-refractivity contribution in [1.29, 1.82) is 5.26 Å². The van der Waals surface area contributed by atoms with Gasteiger partial charge in [0.1, 0.15) is 23.3 Å². The van der Waals surface area contributed by atoms with Crippen LogP contribution in [-0.2, 0) is 16.4 Å². The number of hydrogen-bond donors (Lipinski definition) is 1. The van der Waals surface area contributed by atoms with Gasteiger partial charge in [0.25, 0.3) is 0 Å². The summed E-state index contributed by atoms with van der Waals surface area (Å²) in [5.74, 6) is 1.11. The Balaban J connectivity index is 2.29. The molecule has 3 heterocycles. The van der Waals surface area contributed by atoms with Gasteiger partial charge in [0.15, 0.2) is 5.65 Å². The molecule has 1 aliphatic rings. The highest BCUT2D eigenvalue weighted by atomic mass is 32.2. The Hall–Kier alpha value is -2.34. The number of nitrogens with zero attached hydrogens (tertiary/aromatic N) is 5. The normalized spacial score (nSPS) is 15.5. The van der Waals surface area contributed by atoms with Crippen LogP contribution >= 0.6 is 0 Å². The van der Waals surface area contributed by atoms with Gasteiger partial charge >= 0.3 is 0 Å². The summed E-state index contributed by atoms with van der Waals surface area (Å²) in [5, 5.41) is 13.5. The van der Waals surface area contributed by atoms with E-state index < -0.39 is 10.0 Å². The predicted octanol–water partition coefficient (Wildman–Crippen LogP) is 1.13. The minimum absolute atomic E-state index is 0.280. The summed E-state index contributed by atoms with van der Waals surface area (Å²) in [6.45, 7) is 4.98. The molecule has 2 aromatic heterocycles. The Morgan fingerprint density at radius 3 is 2.87 bits per heavy atom. The molecule has 8 nitrogen and oxygen atoms in total. The maximum atomic E-state index is 11.6. The molecule has 0 aromatic carbocycles. The van der Waals surface area contributed by atoms with Crippen LogP contribution in [0.15, 0.2) is 6.20 Å². The molecule has 1 unspecified atom stereocenters. The van der Waals surface area contributed by atoms with Crippen LogP contribution in [0.2, 0.25) is 0 Å². The lowest BCUT2D eigenvalue weighted by atomic mass is 10.2. The van der Waals surface area contributed by atoms with E-state index in [1.807, 2.05) is 6.07 Å². The second-order valence-electron chi connectivity index (χ2n) is 5.74. The Kier molecular flexibility index (Phi) is 3.64. The van der Waals surface area contributed by atoms with E-state index in [4.69, 9.17) is 0 Å². The van der Waals surface area contributed by atoms with Gasteiger partial charge in [0.2, 0.25) is 10.0 Å². The van der Waals surface area contributed by atoms with Crippen molar-refractivity contribution in [2.45, 2.75) is 32.7 Å². The maximum absolute atomic E-state index is 11.6. The molecule has 0 amide bonds. The molecular formula is C14H18N6O2S. The van der Waals surface area contributed by atoms with Crippen LogP contribution < -0.4 is 9.62 Å². The van der Waals surface area contributed by atoms with Gasteiger partial charge in [-0.2, -0.15) is 14.9 Å². The lowest BCUT2D eigenvalue weighted by Crippen LogP contribution is -2.32. The van der Waals surface area contributed by atoms with Crippen molar-refractivity contribution in [3.05, 3.63) is 17.3 Å². The minimum atomic E-state index is -3.46. The fraction of sp³-hybridized carbons (Fsp3) is 0.500. The van der Waals surface area contributed by atoms with Crippen LogP contribution in [0.3, 0.4) is 0 Å². The Labute approximate surface area is 134 Å². The van der Waals surface area contributed by atoms with Crippen LogP contribution in [0, 0.1) is 11.3 Å². The summed E-state index contributed by atoms with van der Waals surface area (Å²) >= 11 is 0. The first kappa shape index (κ1) is 15.6. The molecule has 0 spiro atoms. The predicted molar refractivity (Wildman–Crippen MR) is 87.0 cm³/mol. The highest BCUT2D eigenvalue weighted by Gasteiger charge is 2.31.